The van der Waals surface area contributed by atoms with Crippen LogP contribution in [0.3, 0.4) is 0 Å². The Balaban J connectivity index is 2.58. The Morgan fingerprint density at radius 1 is 1.39 bits per heavy atom. The maximum Gasteiger partial charge on any atom is 0.319 e. The van der Waals surface area contributed by atoms with Gasteiger partial charge < -0.3 is 9.64 Å². The lowest BCUT2D eigenvalue weighted by molar-refractivity contribution is -0.153. The standard InChI is InChI=1S/C11H19N3O2S2/c1-7(8(15)16-11(2,3)4)17-10-13-12-9(18-10)14(5)6/h7H,1-6H3. The van der Waals surface area contributed by atoms with E-state index >= 15 is 0 Å². The third-order valence-electron chi connectivity index (χ3n) is 1.79. The van der Waals surface area contributed by atoms with Crippen LogP contribution in [0.2, 0.25) is 0 Å². The van der Waals surface area contributed by atoms with Gasteiger partial charge in [-0.05, 0) is 27.7 Å². The Bertz CT molecular complexity index is 413. The molecule has 0 amide bonds. The second-order valence-corrected chi connectivity index (χ2v) is 7.58. The molecule has 1 heterocycles. The molecule has 0 aliphatic carbocycles. The Morgan fingerprint density at radius 3 is 2.44 bits per heavy atom. The molecule has 0 bridgehead atoms. The number of carbonyl (C=O) groups excluding carboxylic acids is 1. The smallest absolute Gasteiger partial charge is 0.319 e. The maximum absolute atomic E-state index is 11.8. The molecule has 0 aliphatic rings. The van der Waals surface area contributed by atoms with E-state index in [0.717, 1.165) is 9.47 Å². The van der Waals surface area contributed by atoms with Gasteiger partial charge in [0.2, 0.25) is 5.13 Å². The highest BCUT2D eigenvalue weighted by Crippen LogP contribution is 2.30. The highest BCUT2D eigenvalue weighted by Gasteiger charge is 2.23. The van der Waals surface area contributed by atoms with Gasteiger partial charge in [-0.3, -0.25) is 4.79 Å². The van der Waals surface area contributed by atoms with Gasteiger partial charge in [-0.25, -0.2) is 0 Å². The fourth-order valence-corrected chi connectivity index (χ4v) is 2.90. The van der Waals surface area contributed by atoms with Gasteiger partial charge in [-0.2, -0.15) is 0 Å². The van der Waals surface area contributed by atoms with Crippen molar-refractivity contribution in [3.8, 4) is 0 Å². The number of ether oxygens (including phenoxy) is 1. The molecule has 1 unspecified atom stereocenters. The first-order chi connectivity index (χ1) is 8.19. The van der Waals surface area contributed by atoms with Gasteiger partial charge in [-0.1, -0.05) is 23.1 Å². The summed E-state index contributed by atoms with van der Waals surface area (Å²) in [4.78, 5) is 13.7. The Morgan fingerprint density at radius 2 is 2.00 bits per heavy atom. The maximum atomic E-state index is 11.8. The quantitative estimate of drug-likeness (QED) is 0.627. The molecule has 0 fully saturated rings. The van der Waals surface area contributed by atoms with E-state index in [4.69, 9.17) is 4.74 Å². The number of thioether (sulfide) groups is 1. The lowest BCUT2D eigenvalue weighted by Gasteiger charge is -2.21. The number of nitrogens with zero attached hydrogens (tertiary/aromatic N) is 3. The van der Waals surface area contributed by atoms with Crippen LogP contribution >= 0.6 is 23.1 Å². The molecule has 102 valence electrons. The van der Waals surface area contributed by atoms with Crippen LogP contribution in [-0.4, -0.2) is 41.1 Å². The van der Waals surface area contributed by atoms with E-state index in [9.17, 15) is 4.79 Å². The van der Waals surface area contributed by atoms with E-state index in [0.29, 0.717) is 0 Å². The van der Waals surface area contributed by atoms with Crippen molar-refractivity contribution in [2.24, 2.45) is 0 Å². The zero-order chi connectivity index (χ0) is 13.9. The Kier molecular flexibility index (Phi) is 4.98. The molecule has 1 aromatic rings. The summed E-state index contributed by atoms with van der Waals surface area (Å²) in [6.45, 7) is 7.39. The van der Waals surface area contributed by atoms with Crippen LogP contribution in [0, 0.1) is 0 Å². The fourth-order valence-electron chi connectivity index (χ4n) is 1.01. The van der Waals surface area contributed by atoms with Crippen LogP contribution < -0.4 is 4.90 Å². The number of esters is 1. The number of anilines is 1. The first kappa shape index (κ1) is 15.2. The Labute approximate surface area is 116 Å². The lowest BCUT2D eigenvalue weighted by atomic mass is 10.2. The number of carbonyl (C=O) groups is 1. The van der Waals surface area contributed by atoms with Gasteiger partial charge in [0, 0.05) is 14.1 Å². The zero-order valence-electron chi connectivity index (χ0n) is 11.6. The summed E-state index contributed by atoms with van der Waals surface area (Å²) in [7, 11) is 3.82. The molecule has 0 N–H and O–H groups in total. The minimum absolute atomic E-state index is 0.228. The second-order valence-electron chi connectivity index (χ2n) is 5.04. The summed E-state index contributed by atoms with van der Waals surface area (Å²) in [5, 5.41) is 8.61. The molecule has 0 radical (unpaired) electrons. The van der Waals surface area contributed by atoms with Crippen molar-refractivity contribution in [2.45, 2.75) is 42.9 Å². The van der Waals surface area contributed by atoms with Crippen LogP contribution in [0.1, 0.15) is 27.7 Å². The molecule has 18 heavy (non-hydrogen) atoms. The minimum atomic E-state index is -0.457. The average Bonchev–Trinajstić information content (AvgIpc) is 2.63. The first-order valence-corrected chi connectivity index (χ1v) is 7.29. The Hall–Kier alpha value is -0.820. The largest absolute Gasteiger partial charge is 0.459 e. The van der Waals surface area contributed by atoms with Crippen molar-refractivity contribution in [3.05, 3.63) is 0 Å². The fraction of sp³-hybridized carbons (Fsp3) is 0.727. The summed E-state index contributed by atoms with van der Waals surface area (Å²) < 4.78 is 6.09. The first-order valence-electron chi connectivity index (χ1n) is 5.59. The molecule has 0 spiro atoms. The van der Waals surface area contributed by atoms with Crippen molar-refractivity contribution >= 4 is 34.2 Å². The molecular weight excluding hydrogens is 270 g/mol. The van der Waals surface area contributed by atoms with Crippen molar-refractivity contribution in [1.29, 1.82) is 0 Å². The molecule has 0 aromatic carbocycles. The van der Waals surface area contributed by atoms with E-state index in [1.807, 2.05) is 46.7 Å². The van der Waals surface area contributed by atoms with Gasteiger partial charge in [-0.15, -0.1) is 10.2 Å². The van der Waals surface area contributed by atoms with Crippen LogP contribution in [-0.2, 0) is 9.53 Å². The highest BCUT2D eigenvalue weighted by molar-refractivity contribution is 8.02. The predicted molar refractivity (Wildman–Crippen MR) is 75.4 cm³/mol. The molecule has 0 aliphatic heterocycles. The number of rotatable bonds is 4. The van der Waals surface area contributed by atoms with Crippen LogP contribution in [0.25, 0.3) is 0 Å². The van der Waals surface area contributed by atoms with Crippen LogP contribution in [0.5, 0.6) is 0 Å². The third kappa shape index (κ3) is 4.81. The van der Waals surface area contributed by atoms with Crippen molar-refractivity contribution in [3.63, 3.8) is 0 Å². The van der Waals surface area contributed by atoms with E-state index in [1.165, 1.54) is 23.1 Å². The van der Waals surface area contributed by atoms with Crippen LogP contribution in [0.15, 0.2) is 4.34 Å². The van der Waals surface area contributed by atoms with Crippen LogP contribution in [0.4, 0.5) is 5.13 Å². The number of hydrogen-bond donors (Lipinski definition) is 0. The molecule has 5 nitrogen and oxygen atoms in total. The molecule has 7 heteroatoms. The summed E-state index contributed by atoms with van der Waals surface area (Å²) in [6, 6.07) is 0. The normalized spacial score (nSPS) is 13.2. The monoisotopic (exact) mass is 289 g/mol. The van der Waals surface area contributed by atoms with E-state index in [2.05, 4.69) is 10.2 Å². The van der Waals surface area contributed by atoms with E-state index in [1.54, 1.807) is 0 Å². The second kappa shape index (κ2) is 5.88. The van der Waals surface area contributed by atoms with Gasteiger partial charge >= 0.3 is 5.97 Å². The zero-order valence-corrected chi connectivity index (χ0v) is 13.2. The van der Waals surface area contributed by atoms with Gasteiger partial charge in [0.05, 0.1) is 0 Å². The van der Waals surface area contributed by atoms with Crippen molar-refractivity contribution < 1.29 is 9.53 Å². The highest BCUT2D eigenvalue weighted by atomic mass is 32.2. The average molecular weight is 289 g/mol. The summed E-state index contributed by atoms with van der Waals surface area (Å²) in [5.41, 5.74) is -0.457. The van der Waals surface area contributed by atoms with Crippen molar-refractivity contribution in [1.82, 2.24) is 10.2 Å². The lowest BCUT2D eigenvalue weighted by Crippen LogP contribution is -2.28. The third-order valence-corrected chi connectivity index (χ3v) is 4.05. The SMILES string of the molecule is CC(Sc1nnc(N(C)C)s1)C(=O)OC(C)(C)C. The predicted octanol–water partition coefficient (Wildman–Crippen LogP) is 2.43. The summed E-state index contributed by atoms with van der Waals surface area (Å²) in [5.74, 6) is -0.228. The van der Waals surface area contributed by atoms with Gasteiger partial charge in [0.1, 0.15) is 10.9 Å². The molecule has 1 rings (SSSR count). The van der Waals surface area contributed by atoms with Gasteiger partial charge in [0.25, 0.3) is 0 Å². The van der Waals surface area contributed by atoms with E-state index < -0.39 is 5.60 Å². The minimum Gasteiger partial charge on any atom is -0.459 e. The number of aromatic nitrogens is 2. The molecule has 1 atom stereocenters. The molecule has 0 saturated carbocycles. The molecular formula is C11H19N3O2S2. The molecule has 0 saturated heterocycles. The summed E-state index contributed by atoms with van der Waals surface area (Å²) in [6.07, 6.45) is 0. The van der Waals surface area contributed by atoms with Gasteiger partial charge in [0.15, 0.2) is 4.34 Å². The van der Waals surface area contributed by atoms with E-state index in [-0.39, 0.29) is 11.2 Å². The molecule has 1 aromatic heterocycles. The summed E-state index contributed by atoms with van der Waals surface area (Å²) >= 11 is 2.84. The van der Waals surface area contributed by atoms with Crippen molar-refractivity contribution in [2.75, 3.05) is 19.0 Å². The number of hydrogen-bond acceptors (Lipinski definition) is 7. The topological polar surface area (TPSA) is 55.3 Å².